The Hall–Kier alpha value is -0.940. The Labute approximate surface area is 107 Å². The molecule has 0 spiro atoms. The average molecular weight is 271 g/mol. The maximum absolute atomic E-state index is 12.8. The Morgan fingerprint density at radius 1 is 1.28 bits per heavy atom. The van der Waals surface area contributed by atoms with Gasteiger partial charge in [-0.15, -0.1) is 0 Å². The van der Waals surface area contributed by atoms with Gasteiger partial charge in [0.15, 0.2) is 0 Å². The smallest absolute Gasteiger partial charge is 0.208 e. The first kappa shape index (κ1) is 13.5. The number of nitrogens with one attached hydrogen (secondary N) is 1. The highest BCUT2D eigenvalue weighted by molar-refractivity contribution is 7.88. The van der Waals surface area contributed by atoms with Crippen LogP contribution in [0.2, 0.25) is 0 Å². The lowest BCUT2D eigenvalue weighted by Gasteiger charge is -2.20. The Balaban J connectivity index is 2.01. The summed E-state index contributed by atoms with van der Waals surface area (Å²) in [5.41, 5.74) is 1.06. The molecule has 2 rings (SSSR count). The number of rotatable bonds is 4. The van der Waals surface area contributed by atoms with Gasteiger partial charge in [0.2, 0.25) is 10.0 Å². The van der Waals surface area contributed by atoms with Crippen molar-refractivity contribution in [2.75, 3.05) is 6.26 Å². The summed E-state index contributed by atoms with van der Waals surface area (Å²) in [5.74, 6) is 0.0705. The van der Waals surface area contributed by atoms with Crippen LogP contribution in [0.15, 0.2) is 24.3 Å². The molecule has 0 bridgehead atoms. The predicted octanol–water partition coefficient (Wildman–Crippen LogP) is 2.09. The molecular weight excluding hydrogens is 253 g/mol. The molecule has 1 fully saturated rings. The van der Waals surface area contributed by atoms with Gasteiger partial charge in [-0.25, -0.2) is 17.5 Å². The van der Waals surface area contributed by atoms with Crippen LogP contribution in [0, 0.1) is 11.7 Å². The maximum atomic E-state index is 12.8. The van der Waals surface area contributed by atoms with Gasteiger partial charge in [-0.1, -0.05) is 18.6 Å². The first-order valence-electron chi connectivity index (χ1n) is 6.16. The van der Waals surface area contributed by atoms with E-state index in [9.17, 15) is 12.8 Å². The summed E-state index contributed by atoms with van der Waals surface area (Å²) in [6.45, 7) is 0. The standard InChI is InChI=1S/C13H18FNO2S/c1-18(16,17)15-13-4-2-3-11(13)9-10-5-7-12(14)8-6-10/h5-8,11,13,15H,2-4,9H2,1H3/t11-,13-/m0/s1. The third kappa shape index (κ3) is 3.78. The van der Waals surface area contributed by atoms with Crippen molar-refractivity contribution in [2.45, 2.75) is 31.7 Å². The normalized spacial score (nSPS) is 24.3. The van der Waals surface area contributed by atoms with Gasteiger partial charge in [-0.05, 0) is 42.9 Å². The Bertz CT molecular complexity index is 498. The Morgan fingerprint density at radius 3 is 2.56 bits per heavy atom. The van der Waals surface area contributed by atoms with Crippen molar-refractivity contribution in [2.24, 2.45) is 5.92 Å². The van der Waals surface area contributed by atoms with Crippen molar-refractivity contribution < 1.29 is 12.8 Å². The van der Waals surface area contributed by atoms with Crippen LogP contribution in [0.4, 0.5) is 4.39 Å². The molecule has 0 heterocycles. The minimum absolute atomic E-state index is 0.0186. The van der Waals surface area contributed by atoms with Crippen molar-refractivity contribution in [1.82, 2.24) is 4.72 Å². The van der Waals surface area contributed by atoms with E-state index in [1.165, 1.54) is 18.4 Å². The van der Waals surface area contributed by atoms with E-state index in [4.69, 9.17) is 0 Å². The van der Waals surface area contributed by atoms with Crippen LogP contribution in [0.5, 0.6) is 0 Å². The number of hydrogen-bond donors (Lipinski definition) is 1. The topological polar surface area (TPSA) is 46.2 Å². The molecule has 1 aromatic rings. The largest absolute Gasteiger partial charge is 0.213 e. The summed E-state index contributed by atoms with van der Waals surface area (Å²) in [6, 6.07) is 6.45. The molecule has 0 radical (unpaired) electrons. The van der Waals surface area contributed by atoms with Crippen LogP contribution in [0.1, 0.15) is 24.8 Å². The van der Waals surface area contributed by atoms with Crippen molar-refractivity contribution in [3.05, 3.63) is 35.6 Å². The number of halogens is 1. The predicted molar refractivity (Wildman–Crippen MR) is 69.2 cm³/mol. The molecule has 1 aliphatic rings. The molecule has 0 aromatic heterocycles. The highest BCUT2D eigenvalue weighted by atomic mass is 32.2. The molecule has 1 N–H and O–H groups in total. The summed E-state index contributed by atoms with van der Waals surface area (Å²) >= 11 is 0. The Kier molecular flexibility index (Phi) is 4.02. The zero-order chi connectivity index (χ0) is 13.2. The van der Waals surface area contributed by atoms with Crippen LogP contribution in [0.3, 0.4) is 0 Å². The van der Waals surface area contributed by atoms with Gasteiger partial charge in [0.05, 0.1) is 6.26 Å². The summed E-state index contributed by atoms with van der Waals surface area (Å²) in [7, 11) is -3.15. The summed E-state index contributed by atoms with van der Waals surface area (Å²) in [4.78, 5) is 0. The highest BCUT2D eigenvalue weighted by Gasteiger charge is 2.29. The number of sulfonamides is 1. The van der Waals surface area contributed by atoms with Crippen molar-refractivity contribution in [3.63, 3.8) is 0 Å². The van der Waals surface area contributed by atoms with Gasteiger partial charge in [0, 0.05) is 6.04 Å². The fourth-order valence-corrected chi connectivity index (χ4v) is 3.49. The molecule has 1 saturated carbocycles. The van der Waals surface area contributed by atoms with Crippen LogP contribution >= 0.6 is 0 Å². The molecular formula is C13H18FNO2S. The zero-order valence-corrected chi connectivity index (χ0v) is 11.2. The minimum atomic E-state index is -3.15. The summed E-state index contributed by atoms with van der Waals surface area (Å²) < 4.78 is 38.0. The molecule has 18 heavy (non-hydrogen) atoms. The molecule has 100 valence electrons. The van der Waals surface area contributed by atoms with Crippen LogP contribution in [-0.4, -0.2) is 20.7 Å². The molecule has 1 aromatic carbocycles. The van der Waals surface area contributed by atoms with Gasteiger partial charge in [-0.3, -0.25) is 0 Å². The van der Waals surface area contributed by atoms with E-state index in [0.717, 1.165) is 31.2 Å². The van der Waals surface area contributed by atoms with Crippen molar-refractivity contribution in [3.8, 4) is 0 Å². The zero-order valence-electron chi connectivity index (χ0n) is 10.4. The molecule has 1 aliphatic carbocycles. The summed E-state index contributed by atoms with van der Waals surface area (Å²) in [6.07, 6.45) is 4.94. The van der Waals surface area contributed by atoms with Crippen LogP contribution in [0.25, 0.3) is 0 Å². The lowest BCUT2D eigenvalue weighted by atomic mass is 9.95. The third-order valence-corrected chi connectivity index (χ3v) is 4.17. The first-order valence-corrected chi connectivity index (χ1v) is 8.05. The lowest BCUT2D eigenvalue weighted by Crippen LogP contribution is -2.37. The van der Waals surface area contributed by atoms with Gasteiger partial charge >= 0.3 is 0 Å². The average Bonchev–Trinajstić information content (AvgIpc) is 2.67. The van der Waals surface area contributed by atoms with Gasteiger partial charge in [0.25, 0.3) is 0 Å². The maximum Gasteiger partial charge on any atom is 0.208 e. The molecule has 0 amide bonds. The van der Waals surface area contributed by atoms with Crippen LogP contribution in [-0.2, 0) is 16.4 Å². The van der Waals surface area contributed by atoms with Gasteiger partial charge in [-0.2, -0.15) is 0 Å². The SMILES string of the molecule is CS(=O)(=O)N[C@H]1CCC[C@H]1Cc1ccc(F)cc1. The van der Waals surface area contributed by atoms with E-state index in [0.29, 0.717) is 5.92 Å². The molecule has 0 unspecified atom stereocenters. The van der Waals surface area contributed by atoms with E-state index < -0.39 is 10.0 Å². The number of hydrogen-bond acceptors (Lipinski definition) is 2. The van der Waals surface area contributed by atoms with Crippen molar-refractivity contribution in [1.29, 1.82) is 0 Å². The second kappa shape index (κ2) is 5.36. The number of benzene rings is 1. The van der Waals surface area contributed by atoms with Gasteiger partial charge in [0.1, 0.15) is 5.82 Å². The molecule has 0 aliphatic heterocycles. The molecule has 5 heteroatoms. The quantitative estimate of drug-likeness (QED) is 0.911. The van der Waals surface area contributed by atoms with E-state index in [1.54, 1.807) is 12.1 Å². The minimum Gasteiger partial charge on any atom is -0.213 e. The second-order valence-electron chi connectivity index (χ2n) is 5.02. The van der Waals surface area contributed by atoms with E-state index in [1.807, 2.05) is 0 Å². The van der Waals surface area contributed by atoms with E-state index >= 15 is 0 Å². The monoisotopic (exact) mass is 271 g/mol. The third-order valence-electron chi connectivity index (χ3n) is 3.44. The van der Waals surface area contributed by atoms with Crippen molar-refractivity contribution >= 4 is 10.0 Å². The fraction of sp³-hybridized carbons (Fsp3) is 0.538. The molecule has 0 saturated heterocycles. The van der Waals surface area contributed by atoms with E-state index in [2.05, 4.69) is 4.72 Å². The molecule has 3 nitrogen and oxygen atoms in total. The van der Waals surface area contributed by atoms with Crippen LogP contribution < -0.4 is 4.72 Å². The highest BCUT2D eigenvalue weighted by Crippen LogP contribution is 2.29. The lowest BCUT2D eigenvalue weighted by molar-refractivity contribution is 0.443. The first-order chi connectivity index (χ1) is 8.44. The molecule has 2 atom stereocenters. The fourth-order valence-electron chi connectivity index (χ4n) is 2.63. The Morgan fingerprint density at radius 2 is 1.94 bits per heavy atom. The van der Waals surface area contributed by atoms with E-state index in [-0.39, 0.29) is 11.9 Å². The van der Waals surface area contributed by atoms with Gasteiger partial charge < -0.3 is 0 Å². The summed E-state index contributed by atoms with van der Waals surface area (Å²) in [5, 5.41) is 0. The second-order valence-corrected chi connectivity index (χ2v) is 6.80.